The van der Waals surface area contributed by atoms with Crippen LogP contribution in [0, 0.1) is 27.7 Å². The number of aryl methyl sites for hydroxylation is 4. The number of benzene rings is 4. The van der Waals surface area contributed by atoms with Crippen LogP contribution in [0.1, 0.15) is 32.6 Å². The largest absolute Gasteiger partial charge is 0.322 e. The lowest BCUT2D eigenvalue weighted by Crippen LogP contribution is -2.18. The summed E-state index contributed by atoms with van der Waals surface area (Å²) >= 11 is 0. The molecule has 0 spiro atoms. The van der Waals surface area contributed by atoms with Crippen molar-refractivity contribution in [1.82, 2.24) is 0 Å². The highest BCUT2D eigenvalue weighted by Gasteiger charge is 2.21. The second-order valence-electron chi connectivity index (χ2n) is 9.30. The maximum atomic E-state index is 13.2. The van der Waals surface area contributed by atoms with Crippen molar-refractivity contribution < 1.29 is 21.6 Å². The SMILES string of the molecule is Cc1ccc(NS(=O)(=O)c2cc(C(=O)Nc3ccc(S(=O)(=O)Nc4ccccc4C)cc3)ccc2C)c(C)c1. The highest BCUT2D eigenvalue weighted by atomic mass is 32.2. The molecule has 0 aliphatic carbocycles. The van der Waals surface area contributed by atoms with Gasteiger partial charge in [-0.05, 0) is 92.9 Å². The molecule has 0 unspecified atom stereocenters. The second-order valence-corrected chi connectivity index (χ2v) is 12.6. The van der Waals surface area contributed by atoms with Crippen molar-refractivity contribution in [3.8, 4) is 0 Å². The highest BCUT2D eigenvalue weighted by Crippen LogP contribution is 2.25. The van der Waals surface area contributed by atoms with E-state index in [4.69, 9.17) is 0 Å². The molecule has 10 heteroatoms. The molecule has 0 heterocycles. The average Bonchev–Trinajstić information content (AvgIpc) is 2.87. The molecule has 0 aromatic heterocycles. The van der Waals surface area contributed by atoms with Crippen LogP contribution in [0.3, 0.4) is 0 Å². The van der Waals surface area contributed by atoms with Gasteiger partial charge < -0.3 is 5.32 Å². The Balaban J connectivity index is 1.51. The van der Waals surface area contributed by atoms with Gasteiger partial charge in [0.15, 0.2) is 0 Å². The Kier molecular flexibility index (Phi) is 7.80. The Morgan fingerprint density at radius 1 is 0.615 bits per heavy atom. The predicted molar refractivity (Wildman–Crippen MR) is 154 cm³/mol. The molecule has 39 heavy (non-hydrogen) atoms. The number of hydrogen-bond donors (Lipinski definition) is 3. The van der Waals surface area contributed by atoms with Gasteiger partial charge in [-0.25, -0.2) is 16.8 Å². The zero-order valence-electron chi connectivity index (χ0n) is 21.9. The standard InChI is InChI=1S/C29H29N3O5S2/c1-19-9-16-27(22(4)17-19)32-39(36,37)28-18-23(11-10-21(28)3)29(33)30-24-12-14-25(15-13-24)38(34,35)31-26-8-6-5-7-20(26)2/h5-18,31-32H,1-4H3,(H,30,33). The summed E-state index contributed by atoms with van der Waals surface area (Å²) in [5.74, 6) is -0.536. The lowest BCUT2D eigenvalue weighted by atomic mass is 10.1. The van der Waals surface area contributed by atoms with Crippen molar-refractivity contribution in [3.63, 3.8) is 0 Å². The van der Waals surface area contributed by atoms with Crippen LogP contribution >= 0.6 is 0 Å². The summed E-state index contributed by atoms with van der Waals surface area (Å²) in [6.45, 7) is 7.20. The minimum Gasteiger partial charge on any atom is -0.322 e. The summed E-state index contributed by atoms with van der Waals surface area (Å²) in [6, 6.07) is 22.6. The molecule has 202 valence electrons. The number of para-hydroxylation sites is 1. The molecule has 0 atom stereocenters. The van der Waals surface area contributed by atoms with Gasteiger partial charge in [0.05, 0.1) is 21.2 Å². The number of hydrogen-bond acceptors (Lipinski definition) is 5. The van der Waals surface area contributed by atoms with Crippen molar-refractivity contribution in [3.05, 3.63) is 113 Å². The number of carbonyl (C=O) groups is 1. The van der Waals surface area contributed by atoms with Gasteiger partial charge in [0.1, 0.15) is 0 Å². The third-order valence-electron chi connectivity index (χ3n) is 6.18. The maximum absolute atomic E-state index is 13.2. The van der Waals surface area contributed by atoms with E-state index in [0.29, 0.717) is 22.6 Å². The van der Waals surface area contributed by atoms with E-state index in [9.17, 15) is 21.6 Å². The van der Waals surface area contributed by atoms with Crippen LogP contribution in [0.4, 0.5) is 17.1 Å². The van der Waals surface area contributed by atoms with Crippen molar-refractivity contribution in [2.75, 3.05) is 14.8 Å². The summed E-state index contributed by atoms with van der Waals surface area (Å²) < 4.78 is 57.1. The Bertz CT molecular complexity index is 1770. The Morgan fingerprint density at radius 2 is 1.26 bits per heavy atom. The highest BCUT2D eigenvalue weighted by molar-refractivity contribution is 7.93. The molecule has 0 aliphatic rings. The molecule has 3 N–H and O–H groups in total. The van der Waals surface area contributed by atoms with E-state index in [2.05, 4.69) is 14.8 Å². The fourth-order valence-corrected chi connectivity index (χ4v) is 6.50. The summed E-state index contributed by atoms with van der Waals surface area (Å²) in [5.41, 5.74) is 4.50. The zero-order chi connectivity index (χ0) is 28.4. The van der Waals surface area contributed by atoms with Gasteiger partial charge in [-0.2, -0.15) is 0 Å². The molecule has 1 amide bonds. The fourth-order valence-electron chi connectivity index (χ4n) is 3.97. The quantitative estimate of drug-likeness (QED) is 0.251. The third-order valence-corrected chi connectivity index (χ3v) is 9.07. The summed E-state index contributed by atoms with van der Waals surface area (Å²) in [5, 5.41) is 2.69. The van der Waals surface area contributed by atoms with Gasteiger partial charge in [-0.1, -0.05) is 42.0 Å². The van der Waals surface area contributed by atoms with Crippen molar-refractivity contribution in [2.45, 2.75) is 37.5 Å². The van der Waals surface area contributed by atoms with Crippen molar-refractivity contribution in [1.29, 1.82) is 0 Å². The molecular weight excluding hydrogens is 534 g/mol. The number of rotatable bonds is 8. The van der Waals surface area contributed by atoms with Gasteiger partial charge in [0.2, 0.25) is 0 Å². The van der Waals surface area contributed by atoms with Gasteiger partial charge >= 0.3 is 0 Å². The lowest BCUT2D eigenvalue weighted by Gasteiger charge is -2.14. The van der Waals surface area contributed by atoms with Crippen LogP contribution in [-0.2, 0) is 20.0 Å². The molecule has 0 saturated heterocycles. The smallest absolute Gasteiger partial charge is 0.262 e. The summed E-state index contributed by atoms with van der Waals surface area (Å²) in [4.78, 5) is 13.0. The van der Waals surface area contributed by atoms with Crippen molar-refractivity contribution in [2.24, 2.45) is 0 Å². The molecule has 0 radical (unpaired) electrons. The van der Waals surface area contributed by atoms with Crippen LogP contribution in [0.25, 0.3) is 0 Å². The van der Waals surface area contributed by atoms with E-state index < -0.39 is 26.0 Å². The van der Waals surface area contributed by atoms with E-state index in [-0.39, 0.29) is 15.4 Å². The first-order chi connectivity index (χ1) is 18.4. The van der Waals surface area contributed by atoms with Crippen LogP contribution in [0.5, 0.6) is 0 Å². The number of amides is 1. The Labute approximate surface area is 229 Å². The number of anilines is 3. The topological polar surface area (TPSA) is 121 Å². The molecule has 0 bridgehead atoms. The van der Waals surface area contributed by atoms with E-state index in [1.54, 1.807) is 44.2 Å². The average molecular weight is 564 g/mol. The molecular formula is C29H29N3O5S2. The molecule has 0 fully saturated rings. The lowest BCUT2D eigenvalue weighted by molar-refractivity contribution is 0.102. The Morgan fingerprint density at radius 3 is 1.92 bits per heavy atom. The zero-order valence-corrected chi connectivity index (χ0v) is 23.6. The number of sulfonamides is 2. The van der Waals surface area contributed by atoms with Crippen LogP contribution in [0.2, 0.25) is 0 Å². The monoisotopic (exact) mass is 563 g/mol. The van der Waals surface area contributed by atoms with Crippen LogP contribution in [0.15, 0.2) is 94.7 Å². The minimum atomic E-state index is -3.96. The molecule has 4 rings (SSSR count). The fraction of sp³-hybridized carbons (Fsp3) is 0.138. The Hall–Kier alpha value is -4.15. The minimum absolute atomic E-state index is 0.0150. The van der Waals surface area contributed by atoms with Gasteiger partial charge in [0, 0.05) is 11.3 Å². The van der Waals surface area contributed by atoms with Gasteiger partial charge in [-0.3, -0.25) is 14.2 Å². The first-order valence-electron chi connectivity index (χ1n) is 12.1. The second kappa shape index (κ2) is 10.9. The van der Waals surface area contributed by atoms with Crippen molar-refractivity contribution >= 4 is 43.0 Å². The molecule has 0 saturated carbocycles. The third kappa shape index (κ3) is 6.47. The van der Waals surface area contributed by atoms with E-state index in [1.807, 2.05) is 32.0 Å². The maximum Gasteiger partial charge on any atom is 0.262 e. The normalized spacial score (nSPS) is 11.6. The van der Waals surface area contributed by atoms with E-state index in [1.165, 1.54) is 36.4 Å². The van der Waals surface area contributed by atoms with Gasteiger partial charge in [0.25, 0.3) is 26.0 Å². The summed E-state index contributed by atoms with van der Waals surface area (Å²) in [6.07, 6.45) is 0. The number of carbonyl (C=O) groups excluding carboxylic acids is 1. The molecule has 0 aliphatic heterocycles. The molecule has 4 aromatic rings. The first kappa shape index (κ1) is 27.9. The van der Waals surface area contributed by atoms with E-state index in [0.717, 1.165) is 16.7 Å². The van der Waals surface area contributed by atoms with Crippen LogP contribution in [-0.4, -0.2) is 22.7 Å². The first-order valence-corrected chi connectivity index (χ1v) is 15.0. The van der Waals surface area contributed by atoms with Crippen LogP contribution < -0.4 is 14.8 Å². The summed E-state index contributed by atoms with van der Waals surface area (Å²) in [7, 11) is -7.79. The van der Waals surface area contributed by atoms with Gasteiger partial charge in [-0.15, -0.1) is 0 Å². The predicted octanol–water partition coefficient (Wildman–Crippen LogP) is 5.77. The molecule has 4 aromatic carbocycles. The van der Waals surface area contributed by atoms with E-state index >= 15 is 0 Å². The molecule has 8 nitrogen and oxygen atoms in total. The number of nitrogens with one attached hydrogen (secondary N) is 3.